The fourth-order valence-electron chi connectivity index (χ4n) is 10.7. The van der Waals surface area contributed by atoms with E-state index in [1.54, 1.807) is 0 Å². The Labute approximate surface area is 276 Å². The first kappa shape index (κ1) is 32.4. The first-order valence-corrected chi connectivity index (χ1v) is 21.0. The van der Waals surface area contributed by atoms with E-state index in [0.717, 1.165) is 17.7 Å². The summed E-state index contributed by atoms with van der Waals surface area (Å²) in [6, 6.07) is 22.8. The van der Waals surface area contributed by atoms with Gasteiger partial charge in [-0.3, -0.25) is 0 Å². The number of ether oxygens (including phenoxy) is 1. The van der Waals surface area contributed by atoms with E-state index in [9.17, 15) is 0 Å². The van der Waals surface area contributed by atoms with Gasteiger partial charge in [0.05, 0.1) is 14.7 Å². The van der Waals surface area contributed by atoms with Gasteiger partial charge >= 0.3 is 0 Å². The molecule has 4 aliphatic rings. The van der Waals surface area contributed by atoms with Crippen molar-refractivity contribution in [1.29, 1.82) is 0 Å². The summed E-state index contributed by atoms with van der Waals surface area (Å²) in [6.45, 7) is 25.6. The Hall–Kier alpha value is -2.58. The quantitative estimate of drug-likeness (QED) is 0.281. The van der Waals surface area contributed by atoms with Crippen LogP contribution < -0.4 is 0 Å². The van der Waals surface area contributed by atoms with Gasteiger partial charge in [0.15, 0.2) is 0 Å². The van der Waals surface area contributed by atoms with Crippen LogP contribution in [0.25, 0.3) is 5.57 Å². The molecule has 0 heterocycles. The fourth-order valence-corrected chi connectivity index (χ4v) is 17.0. The van der Waals surface area contributed by atoms with Crippen molar-refractivity contribution in [2.75, 3.05) is 6.61 Å². The molecule has 2 fully saturated rings. The maximum Gasteiger partial charge on any atom is 0.126 e. The third-order valence-corrected chi connectivity index (χ3v) is 17.4. The van der Waals surface area contributed by atoms with E-state index in [0.29, 0.717) is 47.3 Å². The van der Waals surface area contributed by atoms with Crippen LogP contribution in [0, 0.1) is 46.8 Å². The van der Waals surface area contributed by atoms with Crippen LogP contribution in [0.3, 0.4) is 0 Å². The first-order chi connectivity index (χ1) is 21.3. The SMILES string of the molecule is CC1=CC2C(C=C1)C([Si](C)(C)C1C(C)CC3C(c4ccccc4)=C(OCC(C)C)C(C(C)(C)C)=CC31)C(C)C2c1ccccc1. The number of fused-ring (bicyclic) bond motifs is 2. The highest BCUT2D eigenvalue weighted by molar-refractivity contribution is 6.80. The summed E-state index contributed by atoms with van der Waals surface area (Å²) in [5, 5.41) is 0. The summed E-state index contributed by atoms with van der Waals surface area (Å²) in [7, 11) is -1.84. The van der Waals surface area contributed by atoms with Crippen molar-refractivity contribution < 1.29 is 4.74 Å². The smallest absolute Gasteiger partial charge is 0.126 e. The van der Waals surface area contributed by atoms with Gasteiger partial charge in [0.25, 0.3) is 0 Å². The standard InChI is InChI=1S/C43H58OSi/c1-27(2)26-44-40-37(43(6,7)8)25-36-35(39(40)32-19-15-12-16-20-32)24-29(4)41(36)45(9,10)42-30(5)38(31-17-13-11-14-18-31)34-23-28(3)21-22-33(34)42/h11-23,25,27,29-30,33-36,38,41-42H,24,26H2,1-10H3. The molecular formula is C43H58OSi. The zero-order chi connectivity index (χ0) is 32.3. The average Bonchev–Trinajstić information content (AvgIpc) is 3.48. The molecule has 0 N–H and O–H groups in total. The number of benzene rings is 2. The van der Waals surface area contributed by atoms with E-state index in [2.05, 4.69) is 153 Å². The highest BCUT2D eigenvalue weighted by Gasteiger charge is 2.60. The molecule has 45 heavy (non-hydrogen) atoms. The van der Waals surface area contributed by atoms with Crippen molar-refractivity contribution in [1.82, 2.24) is 0 Å². The van der Waals surface area contributed by atoms with Crippen molar-refractivity contribution in [3.63, 3.8) is 0 Å². The van der Waals surface area contributed by atoms with E-state index >= 15 is 0 Å². The Kier molecular flexibility index (Phi) is 8.79. The van der Waals surface area contributed by atoms with Gasteiger partial charge in [0.1, 0.15) is 5.76 Å². The van der Waals surface area contributed by atoms with Gasteiger partial charge in [0, 0.05) is 5.57 Å². The van der Waals surface area contributed by atoms with Gasteiger partial charge in [0.2, 0.25) is 0 Å². The van der Waals surface area contributed by atoms with Crippen LogP contribution in [0.5, 0.6) is 0 Å². The number of hydrogen-bond donors (Lipinski definition) is 0. The minimum atomic E-state index is -1.84. The second-order valence-electron chi connectivity index (χ2n) is 17.1. The lowest BCUT2D eigenvalue weighted by atomic mass is 9.72. The third-order valence-electron chi connectivity index (χ3n) is 12.1. The lowest BCUT2D eigenvalue weighted by Gasteiger charge is -2.47. The van der Waals surface area contributed by atoms with Crippen molar-refractivity contribution >= 4 is 13.6 Å². The largest absolute Gasteiger partial charge is 0.493 e. The Morgan fingerprint density at radius 1 is 0.844 bits per heavy atom. The molecule has 4 aliphatic carbocycles. The number of rotatable bonds is 7. The highest BCUT2D eigenvalue weighted by Crippen LogP contribution is 2.67. The van der Waals surface area contributed by atoms with Crippen LogP contribution in [0.4, 0.5) is 0 Å². The van der Waals surface area contributed by atoms with E-state index in [4.69, 9.17) is 4.74 Å². The molecule has 0 bridgehead atoms. The van der Waals surface area contributed by atoms with Crippen molar-refractivity contribution in [2.45, 2.75) is 91.9 Å². The van der Waals surface area contributed by atoms with Gasteiger partial charge in [-0.25, -0.2) is 0 Å². The second-order valence-corrected chi connectivity index (χ2v) is 22.1. The normalized spacial score (nSPS) is 33.2. The van der Waals surface area contributed by atoms with Gasteiger partial charge in [-0.2, -0.15) is 0 Å². The third kappa shape index (κ3) is 5.79. The number of allylic oxidation sites excluding steroid dienone is 7. The molecule has 6 rings (SSSR count). The fraction of sp³-hybridized carbons (Fsp3) is 0.535. The summed E-state index contributed by atoms with van der Waals surface area (Å²) in [6.07, 6.45) is 11.7. The summed E-state index contributed by atoms with van der Waals surface area (Å²) in [5.41, 5.74) is 8.75. The van der Waals surface area contributed by atoms with E-state index < -0.39 is 8.07 Å². The molecule has 1 nitrogen and oxygen atoms in total. The minimum absolute atomic E-state index is 0.0119. The summed E-state index contributed by atoms with van der Waals surface area (Å²) >= 11 is 0. The molecule has 0 radical (unpaired) electrons. The molecule has 0 aromatic heterocycles. The molecule has 2 aromatic carbocycles. The molecule has 9 unspecified atom stereocenters. The predicted octanol–water partition coefficient (Wildman–Crippen LogP) is 12.0. The molecule has 240 valence electrons. The zero-order valence-electron chi connectivity index (χ0n) is 29.7. The molecule has 2 heteroatoms. The lowest BCUT2D eigenvalue weighted by molar-refractivity contribution is 0.175. The van der Waals surface area contributed by atoms with Gasteiger partial charge < -0.3 is 4.74 Å². The molecule has 2 saturated carbocycles. The van der Waals surface area contributed by atoms with Gasteiger partial charge in [-0.1, -0.05) is 152 Å². The second kappa shape index (κ2) is 12.2. The topological polar surface area (TPSA) is 9.23 Å². The van der Waals surface area contributed by atoms with E-state index in [-0.39, 0.29) is 5.41 Å². The van der Waals surface area contributed by atoms with Crippen LogP contribution in [0.15, 0.2) is 102 Å². The van der Waals surface area contributed by atoms with Crippen LogP contribution in [0.2, 0.25) is 24.2 Å². The van der Waals surface area contributed by atoms with E-state index in [1.165, 1.54) is 40.0 Å². The average molecular weight is 619 g/mol. The molecular weight excluding hydrogens is 561 g/mol. The molecule has 0 spiro atoms. The number of hydrogen-bond acceptors (Lipinski definition) is 1. The maximum absolute atomic E-state index is 6.88. The van der Waals surface area contributed by atoms with Crippen LogP contribution in [-0.4, -0.2) is 14.7 Å². The van der Waals surface area contributed by atoms with Crippen molar-refractivity contribution in [3.8, 4) is 0 Å². The van der Waals surface area contributed by atoms with Gasteiger partial charge in [-0.05, 0) is 93.9 Å². The molecule has 0 amide bonds. The molecule has 0 saturated heterocycles. The summed E-state index contributed by atoms with van der Waals surface area (Å²) < 4.78 is 6.88. The van der Waals surface area contributed by atoms with Crippen molar-refractivity contribution in [3.05, 3.63) is 113 Å². The Morgan fingerprint density at radius 2 is 1.49 bits per heavy atom. The Bertz CT molecular complexity index is 1480. The predicted molar refractivity (Wildman–Crippen MR) is 196 cm³/mol. The minimum Gasteiger partial charge on any atom is -0.493 e. The van der Waals surface area contributed by atoms with Gasteiger partial charge in [-0.15, -0.1) is 0 Å². The Morgan fingerprint density at radius 3 is 2.11 bits per heavy atom. The van der Waals surface area contributed by atoms with Crippen molar-refractivity contribution in [2.24, 2.45) is 46.8 Å². The summed E-state index contributed by atoms with van der Waals surface area (Å²) in [5.74, 6) is 5.90. The molecule has 9 atom stereocenters. The molecule has 2 aromatic rings. The maximum atomic E-state index is 6.88. The summed E-state index contributed by atoms with van der Waals surface area (Å²) in [4.78, 5) is 0. The zero-order valence-corrected chi connectivity index (χ0v) is 30.7. The Balaban J connectivity index is 1.46. The lowest BCUT2D eigenvalue weighted by Crippen LogP contribution is -2.46. The first-order valence-electron chi connectivity index (χ1n) is 17.9. The van der Waals surface area contributed by atoms with Crippen LogP contribution in [-0.2, 0) is 4.74 Å². The van der Waals surface area contributed by atoms with Crippen LogP contribution >= 0.6 is 0 Å². The van der Waals surface area contributed by atoms with Crippen LogP contribution in [0.1, 0.15) is 78.9 Å². The monoisotopic (exact) mass is 618 g/mol. The molecule has 0 aliphatic heterocycles. The highest BCUT2D eigenvalue weighted by atomic mass is 28.3. The van der Waals surface area contributed by atoms with E-state index in [1.807, 2.05) is 0 Å².